The standard InChI is InChI=1S/C25H48O4/c1-7-18-28-23(26)17-15-13-11-9-10-12-14-16-22(20(3)4)24(21(5)6)25(27)29-19-8-2/h20-22,24H,7-19H2,1-6H3. The maximum Gasteiger partial charge on any atom is 0.309 e. The molecule has 0 aromatic carbocycles. The Kier molecular flexibility index (Phi) is 17.1. The summed E-state index contributed by atoms with van der Waals surface area (Å²) in [7, 11) is 0. The van der Waals surface area contributed by atoms with E-state index in [1.807, 2.05) is 13.8 Å². The molecule has 4 nitrogen and oxygen atoms in total. The summed E-state index contributed by atoms with van der Waals surface area (Å²) in [5, 5.41) is 0. The van der Waals surface area contributed by atoms with Crippen molar-refractivity contribution in [3.63, 3.8) is 0 Å². The van der Waals surface area contributed by atoms with Crippen LogP contribution in [0.25, 0.3) is 0 Å². The lowest BCUT2D eigenvalue weighted by molar-refractivity contribution is -0.153. The first-order valence-electron chi connectivity index (χ1n) is 12.2. The Morgan fingerprint density at radius 1 is 0.690 bits per heavy atom. The van der Waals surface area contributed by atoms with E-state index in [-0.39, 0.29) is 17.9 Å². The average Bonchev–Trinajstić information content (AvgIpc) is 2.67. The Morgan fingerprint density at radius 2 is 1.21 bits per heavy atom. The zero-order valence-electron chi connectivity index (χ0n) is 20.1. The topological polar surface area (TPSA) is 52.6 Å². The van der Waals surface area contributed by atoms with Gasteiger partial charge in [0.2, 0.25) is 0 Å². The Balaban J connectivity index is 4.07. The molecule has 0 heterocycles. The van der Waals surface area contributed by atoms with Crippen LogP contribution < -0.4 is 0 Å². The van der Waals surface area contributed by atoms with Gasteiger partial charge in [-0.3, -0.25) is 9.59 Å². The number of rotatable bonds is 18. The van der Waals surface area contributed by atoms with Gasteiger partial charge in [0, 0.05) is 6.42 Å². The number of carbonyl (C=O) groups excluding carboxylic acids is 2. The molecule has 2 atom stereocenters. The molecule has 0 saturated heterocycles. The first-order chi connectivity index (χ1) is 13.8. The Morgan fingerprint density at radius 3 is 1.72 bits per heavy atom. The Labute approximate surface area is 180 Å². The monoisotopic (exact) mass is 412 g/mol. The Hall–Kier alpha value is -1.06. The van der Waals surface area contributed by atoms with E-state index in [0.29, 0.717) is 37.4 Å². The lowest BCUT2D eigenvalue weighted by atomic mass is 9.74. The molecule has 0 radical (unpaired) electrons. The maximum absolute atomic E-state index is 12.6. The molecular formula is C25H48O4. The fourth-order valence-corrected chi connectivity index (χ4v) is 3.99. The van der Waals surface area contributed by atoms with Gasteiger partial charge < -0.3 is 9.47 Å². The van der Waals surface area contributed by atoms with Crippen molar-refractivity contribution in [3.8, 4) is 0 Å². The second-order valence-electron chi connectivity index (χ2n) is 9.08. The summed E-state index contributed by atoms with van der Waals surface area (Å²) in [4.78, 5) is 24.0. The van der Waals surface area contributed by atoms with Gasteiger partial charge in [-0.05, 0) is 43.4 Å². The van der Waals surface area contributed by atoms with Gasteiger partial charge in [0.1, 0.15) is 0 Å². The van der Waals surface area contributed by atoms with E-state index in [1.54, 1.807) is 0 Å². The second kappa shape index (κ2) is 17.8. The minimum Gasteiger partial charge on any atom is -0.466 e. The molecule has 0 rings (SSSR count). The van der Waals surface area contributed by atoms with Crippen LogP contribution in [0.2, 0.25) is 0 Å². The van der Waals surface area contributed by atoms with Crippen molar-refractivity contribution in [1.29, 1.82) is 0 Å². The fourth-order valence-electron chi connectivity index (χ4n) is 3.99. The van der Waals surface area contributed by atoms with Crippen LogP contribution in [0.5, 0.6) is 0 Å². The highest BCUT2D eigenvalue weighted by molar-refractivity contribution is 5.73. The van der Waals surface area contributed by atoms with Crippen molar-refractivity contribution >= 4 is 11.9 Å². The molecule has 0 aliphatic carbocycles. The lowest BCUT2D eigenvalue weighted by Gasteiger charge is -2.31. The van der Waals surface area contributed by atoms with E-state index in [2.05, 4.69) is 27.7 Å². The first-order valence-corrected chi connectivity index (χ1v) is 12.2. The molecule has 0 saturated carbocycles. The molecular weight excluding hydrogens is 364 g/mol. The molecule has 0 spiro atoms. The number of hydrogen-bond acceptors (Lipinski definition) is 4. The fraction of sp³-hybridized carbons (Fsp3) is 0.920. The normalized spacial score (nSPS) is 13.5. The molecule has 172 valence electrons. The molecule has 0 amide bonds. The third-order valence-corrected chi connectivity index (χ3v) is 5.64. The minimum absolute atomic E-state index is 0.00184. The summed E-state index contributed by atoms with van der Waals surface area (Å²) < 4.78 is 10.6. The van der Waals surface area contributed by atoms with Gasteiger partial charge in [0.15, 0.2) is 0 Å². The van der Waals surface area contributed by atoms with Crippen molar-refractivity contribution in [2.24, 2.45) is 23.7 Å². The molecule has 0 fully saturated rings. The lowest BCUT2D eigenvalue weighted by Crippen LogP contribution is -2.33. The first kappa shape index (κ1) is 27.9. The van der Waals surface area contributed by atoms with Crippen LogP contribution in [0.15, 0.2) is 0 Å². The summed E-state index contributed by atoms with van der Waals surface area (Å²) in [5.74, 6) is 1.16. The van der Waals surface area contributed by atoms with Crippen LogP contribution in [0.1, 0.15) is 112 Å². The molecule has 0 N–H and O–H groups in total. The molecule has 0 aromatic heterocycles. The van der Waals surface area contributed by atoms with E-state index >= 15 is 0 Å². The van der Waals surface area contributed by atoms with Gasteiger partial charge in [-0.1, -0.05) is 80.1 Å². The zero-order valence-corrected chi connectivity index (χ0v) is 20.1. The number of carbonyl (C=O) groups is 2. The van der Waals surface area contributed by atoms with E-state index in [9.17, 15) is 9.59 Å². The summed E-state index contributed by atoms with van der Waals surface area (Å²) in [6.45, 7) is 13.9. The van der Waals surface area contributed by atoms with Crippen molar-refractivity contribution in [2.45, 2.75) is 112 Å². The molecule has 0 aliphatic heterocycles. The van der Waals surface area contributed by atoms with Crippen LogP contribution in [-0.4, -0.2) is 25.2 Å². The quantitative estimate of drug-likeness (QED) is 0.180. The van der Waals surface area contributed by atoms with Gasteiger partial charge in [0.25, 0.3) is 0 Å². The number of ether oxygens (including phenoxy) is 2. The van der Waals surface area contributed by atoms with Crippen LogP contribution in [0, 0.1) is 23.7 Å². The van der Waals surface area contributed by atoms with Gasteiger partial charge in [0.05, 0.1) is 19.1 Å². The predicted molar refractivity (Wildman–Crippen MR) is 121 cm³/mol. The highest BCUT2D eigenvalue weighted by atomic mass is 16.5. The van der Waals surface area contributed by atoms with Gasteiger partial charge in [-0.15, -0.1) is 0 Å². The van der Waals surface area contributed by atoms with Gasteiger partial charge in [-0.2, -0.15) is 0 Å². The van der Waals surface area contributed by atoms with Crippen molar-refractivity contribution in [1.82, 2.24) is 0 Å². The summed E-state index contributed by atoms with van der Waals surface area (Å²) in [5.41, 5.74) is 0. The summed E-state index contributed by atoms with van der Waals surface area (Å²) in [6, 6.07) is 0. The minimum atomic E-state index is -0.0521. The second-order valence-corrected chi connectivity index (χ2v) is 9.08. The van der Waals surface area contributed by atoms with E-state index in [1.165, 1.54) is 32.1 Å². The van der Waals surface area contributed by atoms with Crippen molar-refractivity contribution in [2.75, 3.05) is 13.2 Å². The zero-order chi connectivity index (χ0) is 22.1. The number of esters is 2. The third-order valence-electron chi connectivity index (χ3n) is 5.64. The summed E-state index contributed by atoms with van der Waals surface area (Å²) in [6.07, 6.45) is 11.5. The Bertz CT molecular complexity index is 417. The summed E-state index contributed by atoms with van der Waals surface area (Å²) >= 11 is 0. The number of hydrogen-bond donors (Lipinski definition) is 0. The molecule has 0 bridgehead atoms. The van der Waals surface area contributed by atoms with Crippen molar-refractivity contribution in [3.05, 3.63) is 0 Å². The molecule has 0 aliphatic rings. The maximum atomic E-state index is 12.6. The third kappa shape index (κ3) is 13.7. The van der Waals surface area contributed by atoms with Crippen LogP contribution >= 0.6 is 0 Å². The molecule has 2 unspecified atom stereocenters. The van der Waals surface area contributed by atoms with Crippen LogP contribution in [-0.2, 0) is 19.1 Å². The van der Waals surface area contributed by atoms with E-state index < -0.39 is 0 Å². The van der Waals surface area contributed by atoms with Crippen molar-refractivity contribution < 1.29 is 19.1 Å². The van der Waals surface area contributed by atoms with E-state index in [4.69, 9.17) is 9.47 Å². The largest absolute Gasteiger partial charge is 0.466 e. The van der Waals surface area contributed by atoms with Crippen LogP contribution in [0.4, 0.5) is 0 Å². The highest BCUT2D eigenvalue weighted by Gasteiger charge is 2.33. The van der Waals surface area contributed by atoms with E-state index in [0.717, 1.165) is 32.1 Å². The molecule has 29 heavy (non-hydrogen) atoms. The smallest absolute Gasteiger partial charge is 0.309 e. The molecule has 0 aromatic rings. The average molecular weight is 413 g/mol. The van der Waals surface area contributed by atoms with Gasteiger partial charge in [-0.25, -0.2) is 0 Å². The predicted octanol–water partition coefficient (Wildman–Crippen LogP) is 6.95. The highest BCUT2D eigenvalue weighted by Crippen LogP contribution is 2.33. The number of unbranched alkanes of at least 4 members (excludes halogenated alkanes) is 6. The SMILES string of the molecule is CCCOC(=O)CCCCCCCCCC(C(C)C)C(C(=O)OCCC)C(C)C. The van der Waals surface area contributed by atoms with Crippen LogP contribution in [0.3, 0.4) is 0 Å². The van der Waals surface area contributed by atoms with Gasteiger partial charge >= 0.3 is 11.9 Å². The molecule has 4 heteroatoms.